The number of anilines is 1. The number of nitrogens with zero attached hydrogens (tertiary/aromatic N) is 2. The number of hydrogen-bond donors (Lipinski definition) is 1. The van der Waals surface area contributed by atoms with Crippen LogP contribution in [0.25, 0.3) is 16.5 Å². The fourth-order valence-corrected chi connectivity index (χ4v) is 5.27. The number of fused-ring (bicyclic) bond motifs is 1. The number of aliphatic hydroxyl groups excluding tert-OH is 1. The van der Waals surface area contributed by atoms with Crippen LogP contribution in [0.2, 0.25) is 0 Å². The van der Waals surface area contributed by atoms with Gasteiger partial charge in [0.15, 0.2) is 0 Å². The molecule has 1 aliphatic carbocycles. The smallest absolute Gasteiger partial charge is 0.295 e. The van der Waals surface area contributed by atoms with Crippen LogP contribution in [-0.2, 0) is 9.59 Å². The average molecular weight is 441 g/mol. The molecule has 1 N–H and O–H groups in total. The molecule has 5 rings (SSSR count). The Bertz CT molecular complexity index is 1250. The Hall–Kier alpha value is -3.60. The van der Waals surface area contributed by atoms with Crippen LogP contribution in [0, 0.1) is 0 Å². The number of carbonyl (C=O) groups is 2. The average Bonchev–Trinajstić information content (AvgIpc) is 3.45. The van der Waals surface area contributed by atoms with Crippen molar-refractivity contribution in [3.05, 3.63) is 83.4 Å². The molecule has 1 amide bonds. The van der Waals surface area contributed by atoms with Crippen molar-refractivity contribution in [1.29, 1.82) is 0 Å². The van der Waals surface area contributed by atoms with Crippen LogP contribution in [0.4, 0.5) is 5.69 Å². The summed E-state index contributed by atoms with van der Waals surface area (Å²) in [4.78, 5) is 30.4. The van der Waals surface area contributed by atoms with Crippen LogP contribution in [0.3, 0.4) is 0 Å². The molecule has 33 heavy (non-hydrogen) atoms. The van der Waals surface area contributed by atoms with Gasteiger partial charge in [-0.1, -0.05) is 67.4 Å². The van der Waals surface area contributed by atoms with Crippen molar-refractivity contribution in [2.24, 2.45) is 0 Å². The zero-order valence-electron chi connectivity index (χ0n) is 19.0. The van der Waals surface area contributed by atoms with Crippen molar-refractivity contribution in [3.8, 4) is 0 Å². The maximum atomic E-state index is 13.4. The van der Waals surface area contributed by atoms with Gasteiger partial charge < -0.3 is 14.9 Å². The summed E-state index contributed by atoms with van der Waals surface area (Å²) in [6, 6.07) is 20.7. The standard InChI is InChI=1S/C28H28N2O3/c1-29(2)20-16-14-19(15-17-20)25-24(27(32)28(33)30(25)21-10-4-5-11-21)26(31)23-13-7-9-18-8-3-6-12-22(18)23/h3,6-9,12-17,21,25,31H,4-5,10-11H2,1-2H3/b26-24-. The van der Waals surface area contributed by atoms with Gasteiger partial charge in [-0.3, -0.25) is 9.59 Å². The normalized spacial score (nSPS) is 20.7. The summed E-state index contributed by atoms with van der Waals surface area (Å²) in [7, 11) is 3.94. The van der Waals surface area contributed by atoms with E-state index in [0.29, 0.717) is 5.56 Å². The van der Waals surface area contributed by atoms with Gasteiger partial charge in [-0.25, -0.2) is 0 Å². The molecule has 0 aromatic heterocycles. The van der Waals surface area contributed by atoms with Crippen LogP contribution in [-0.4, -0.2) is 41.8 Å². The van der Waals surface area contributed by atoms with Crippen molar-refractivity contribution in [2.45, 2.75) is 37.8 Å². The molecule has 1 saturated carbocycles. The Morgan fingerprint density at radius 1 is 0.909 bits per heavy atom. The second-order valence-electron chi connectivity index (χ2n) is 9.16. The van der Waals surface area contributed by atoms with E-state index in [1.165, 1.54) is 0 Å². The second-order valence-corrected chi connectivity index (χ2v) is 9.16. The molecule has 3 aromatic rings. The molecule has 0 radical (unpaired) electrons. The first kappa shape index (κ1) is 21.3. The van der Waals surface area contributed by atoms with Crippen molar-refractivity contribution < 1.29 is 14.7 Å². The van der Waals surface area contributed by atoms with Gasteiger partial charge in [0.05, 0.1) is 11.6 Å². The van der Waals surface area contributed by atoms with E-state index in [1.807, 2.05) is 85.7 Å². The zero-order valence-corrected chi connectivity index (χ0v) is 19.0. The molecule has 1 saturated heterocycles. The topological polar surface area (TPSA) is 60.9 Å². The molecule has 0 bridgehead atoms. The minimum absolute atomic E-state index is 0.0118. The maximum Gasteiger partial charge on any atom is 0.295 e. The molecular weight excluding hydrogens is 412 g/mol. The first-order valence-electron chi connectivity index (χ1n) is 11.5. The number of hydrogen-bond acceptors (Lipinski definition) is 4. The molecule has 168 valence electrons. The minimum Gasteiger partial charge on any atom is -0.507 e. The van der Waals surface area contributed by atoms with E-state index in [-0.39, 0.29) is 17.4 Å². The highest BCUT2D eigenvalue weighted by atomic mass is 16.3. The molecule has 1 heterocycles. The summed E-state index contributed by atoms with van der Waals surface area (Å²) in [5, 5.41) is 13.3. The van der Waals surface area contributed by atoms with Gasteiger partial charge in [-0.05, 0) is 41.3 Å². The molecule has 1 atom stereocenters. The Morgan fingerprint density at radius 3 is 2.27 bits per heavy atom. The summed E-state index contributed by atoms with van der Waals surface area (Å²) in [5.41, 5.74) is 2.63. The number of amides is 1. The first-order valence-corrected chi connectivity index (χ1v) is 11.5. The number of ketones is 1. The van der Waals surface area contributed by atoms with Gasteiger partial charge in [0.2, 0.25) is 0 Å². The summed E-state index contributed by atoms with van der Waals surface area (Å²) < 4.78 is 0. The van der Waals surface area contributed by atoms with Crippen LogP contribution in [0.15, 0.2) is 72.3 Å². The number of benzene rings is 3. The van der Waals surface area contributed by atoms with Crippen molar-refractivity contribution in [3.63, 3.8) is 0 Å². The van der Waals surface area contributed by atoms with E-state index < -0.39 is 17.7 Å². The largest absolute Gasteiger partial charge is 0.507 e. The summed E-state index contributed by atoms with van der Waals surface area (Å²) in [5.74, 6) is -1.22. The van der Waals surface area contributed by atoms with E-state index in [0.717, 1.165) is 47.7 Å². The SMILES string of the molecule is CN(C)c1ccc(C2/C(=C(/O)c3cccc4ccccc34)C(=O)C(=O)N2C2CCCC2)cc1. The lowest BCUT2D eigenvalue weighted by Crippen LogP contribution is -2.37. The number of aliphatic hydroxyl groups is 1. The summed E-state index contributed by atoms with van der Waals surface area (Å²) in [6.07, 6.45) is 3.85. The lowest BCUT2D eigenvalue weighted by atomic mass is 9.93. The Kier molecular flexibility index (Phi) is 5.41. The molecule has 2 aliphatic rings. The Labute approximate surface area is 193 Å². The third-order valence-electron chi connectivity index (χ3n) is 6.97. The van der Waals surface area contributed by atoms with Crippen LogP contribution < -0.4 is 4.90 Å². The Morgan fingerprint density at radius 2 is 1.58 bits per heavy atom. The number of carbonyl (C=O) groups excluding carboxylic acids is 2. The quantitative estimate of drug-likeness (QED) is 0.341. The molecular formula is C28H28N2O3. The van der Waals surface area contributed by atoms with E-state index in [4.69, 9.17) is 0 Å². The molecule has 5 heteroatoms. The lowest BCUT2D eigenvalue weighted by molar-refractivity contribution is -0.141. The highest BCUT2D eigenvalue weighted by molar-refractivity contribution is 6.46. The highest BCUT2D eigenvalue weighted by Crippen LogP contribution is 2.44. The fraction of sp³-hybridized carbons (Fsp3) is 0.286. The summed E-state index contributed by atoms with van der Waals surface area (Å²) >= 11 is 0. The van der Waals surface area contributed by atoms with E-state index in [1.54, 1.807) is 4.90 Å². The second kappa shape index (κ2) is 8.39. The van der Waals surface area contributed by atoms with Gasteiger partial charge in [-0.2, -0.15) is 0 Å². The van der Waals surface area contributed by atoms with Crippen molar-refractivity contribution in [1.82, 2.24) is 4.90 Å². The third kappa shape index (κ3) is 3.58. The predicted octanol–water partition coefficient (Wildman–Crippen LogP) is 5.27. The Balaban J connectivity index is 1.71. The van der Waals surface area contributed by atoms with Gasteiger partial charge in [0.1, 0.15) is 5.76 Å². The maximum absolute atomic E-state index is 13.4. The highest BCUT2D eigenvalue weighted by Gasteiger charge is 2.49. The third-order valence-corrected chi connectivity index (χ3v) is 6.97. The molecule has 1 aliphatic heterocycles. The minimum atomic E-state index is -0.603. The monoisotopic (exact) mass is 440 g/mol. The first-order chi connectivity index (χ1) is 16.0. The number of likely N-dealkylation sites (tertiary alicyclic amines) is 1. The molecule has 1 unspecified atom stereocenters. The van der Waals surface area contributed by atoms with Gasteiger partial charge in [0.25, 0.3) is 11.7 Å². The van der Waals surface area contributed by atoms with Gasteiger partial charge >= 0.3 is 0 Å². The van der Waals surface area contributed by atoms with E-state index in [9.17, 15) is 14.7 Å². The molecule has 5 nitrogen and oxygen atoms in total. The van der Waals surface area contributed by atoms with Gasteiger partial charge in [0, 0.05) is 31.4 Å². The molecule has 3 aromatic carbocycles. The van der Waals surface area contributed by atoms with E-state index in [2.05, 4.69) is 0 Å². The fourth-order valence-electron chi connectivity index (χ4n) is 5.27. The van der Waals surface area contributed by atoms with Crippen molar-refractivity contribution >= 4 is 33.9 Å². The van der Waals surface area contributed by atoms with Crippen LogP contribution in [0.5, 0.6) is 0 Å². The predicted molar refractivity (Wildman–Crippen MR) is 131 cm³/mol. The van der Waals surface area contributed by atoms with Crippen LogP contribution >= 0.6 is 0 Å². The number of Topliss-reactive ketones (excluding diaryl/α,β-unsaturated/α-hetero) is 1. The summed E-state index contributed by atoms with van der Waals surface area (Å²) in [6.45, 7) is 0. The number of rotatable bonds is 4. The zero-order chi connectivity index (χ0) is 23.1. The lowest BCUT2D eigenvalue weighted by Gasteiger charge is -2.31. The van der Waals surface area contributed by atoms with Gasteiger partial charge in [-0.15, -0.1) is 0 Å². The molecule has 0 spiro atoms. The molecule has 2 fully saturated rings. The van der Waals surface area contributed by atoms with E-state index >= 15 is 0 Å². The van der Waals surface area contributed by atoms with Crippen molar-refractivity contribution in [2.75, 3.05) is 19.0 Å². The van der Waals surface area contributed by atoms with Crippen LogP contribution in [0.1, 0.15) is 42.9 Å².